The molecule has 0 spiro atoms. The van der Waals surface area contributed by atoms with E-state index in [2.05, 4.69) is 45.0 Å². The molecule has 0 heterocycles. The zero-order chi connectivity index (χ0) is 16.7. The number of carbonyl (C=O) groups is 1. The van der Waals surface area contributed by atoms with Gasteiger partial charge in [-0.15, -0.1) is 0 Å². The Balaban J connectivity index is 1.64. The number of hydrogen-bond donors (Lipinski definition) is 1. The normalized spacial score (nSPS) is 26.7. The lowest BCUT2D eigenvalue weighted by molar-refractivity contribution is -0.137. The summed E-state index contributed by atoms with van der Waals surface area (Å²) < 4.78 is 0. The highest BCUT2D eigenvalue weighted by atomic mass is 16.4. The maximum atomic E-state index is 11.1. The van der Waals surface area contributed by atoms with Gasteiger partial charge in [0, 0.05) is 5.41 Å². The van der Waals surface area contributed by atoms with Crippen LogP contribution in [0.1, 0.15) is 82.8 Å². The summed E-state index contributed by atoms with van der Waals surface area (Å²) in [7, 11) is 0. The molecule has 0 amide bonds. The Morgan fingerprint density at radius 1 is 1.09 bits per heavy atom. The van der Waals surface area contributed by atoms with Gasteiger partial charge in [-0.1, -0.05) is 45.0 Å². The Morgan fingerprint density at radius 2 is 1.65 bits per heavy atom. The van der Waals surface area contributed by atoms with Crippen LogP contribution in [0, 0.1) is 11.3 Å². The van der Waals surface area contributed by atoms with E-state index in [-0.39, 0.29) is 11.8 Å². The van der Waals surface area contributed by atoms with Crippen molar-refractivity contribution in [2.75, 3.05) is 0 Å². The molecule has 0 saturated heterocycles. The molecule has 0 atom stereocenters. The van der Waals surface area contributed by atoms with Crippen LogP contribution in [0.4, 0.5) is 0 Å². The zero-order valence-corrected chi connectivity index (χ0v) is 14.8. The summed E-state index contributed by atoms with van der Waals surface area (Å²) in [6.07, 6.45) is 7.58. The van der Waals surface area contributed by atoms with E-state index in [0.29, 0.717) is 11.3 Å². The van der Waals surface area contributed by atoms with E-state index in [1.165, 1.54) is 36.8 Å². The number of carboxylic acid groups (broad SMARTS) is 1. The van der Waals surface area contributed by atoms with Gasteiger partial charge < -0.3 is 5.11 Å². The Bertz CT molecular complexity index is 552. The second-order valence-electron chi connectivity index (χ2n) is 8.89. The maximum Gasteiger partial charge on any atom is 0.304 e. The summed E-state index contributed by atoms with van der Waals surface area (Å²) >= 11 is 0. The summed E-state index contributed by atoms with van der Waals surface area (Å²) in [5.41, 5.74) is 3.05. The van der Waals surface area contributed by atoms with Crippen LogP contribution in [0.2, 0.25) is 0 Å². The Kier molecular flexibility index (Phi) is 4.29. The zero-order valence-electron chi connectivity index (χ0n) is 14.8. The third kappa shape index (κ3) is 3.62. The van der Waals surface area contributed by atoms with Crippen molar-refractivity contribution >= 4 is 5.97 Å². The molecule has 1 aromatic rings. The fourth-order valence-electron chi connectivity index (χ4n) is 4.41. The summed E-state index contributed by atoms with van der Waals surface area (Å²) in [5, 5.41) is 9.10. The first kappa shape index (κ1) is 16.5. The molecule has 2 aliphatic carbocycles. The molecule has 126 valence electrons. The van der Waals surface area contributed by atoms with Crippen LogP contribution in [0.25, 0.3) is 0 Å². The lowest BCUT2D eigenvalue weighted by atomic mass is 9.68. The molecule has 23 heavy (non-hydrogen) atoms. The van der Waals surface area contributed by atoms with Crippen molar-refractivity contribution in [1.29, 1.82) is 0 Å². The van der Waals surface area contributed by atoms with Crippen LogP contribution in [-0.2, 0) is 10.2 Å². The Labute approximate surface area is 140 Å². The van der Waals surface area contributed by atoms with Gasteiger partial charge in [0.25, 0.3) is 0 Å². The third-order valence-corrected chi connectivity index (χ3v) is 6.29. The van der Waals surface area contributed by atoms with Crippen LogP contribution in [0.15, 0.2) is 24.3 Å². The standard InChI is InChI=1S/C21H30O2/c1-20(2,3)17-8-4-15(5-9-17)16-6-10-18(11-7-16)21(12-13-21)14-19(22)23/h6-7,10-11,15,17H,4-5,8-9,12-14H2,1-3H3,(H,22,23). The smallest absolute Gasteiger partial charge is 0.304 e. The Hall–Kier alpha value is -1.31. The fourth-order valence-corrected chi connectivity index (χ4v) is 4.41. The van der Waals surface area contributed by atoms with Crippen LogP contribution in [-0.4, -0.2) is 11.1 Å². The van der Waals surface area contributed by atoms with Crippen molar-refractivity contribution in [3.05, 3.63) is 35.4 Å². The molecule has 2 aliphatic rings. The molecule has 0 aromatic heterocycles. The van der Waals surface area contributed by atoms with Gasteiger partial charge in [0.15, 0.2) is 0 Å². The van der Waals surface area contributed by atoms with Crippen molar-refractivity contribution in [3.63, 3.8) is 0 Å². The largest absolute Gasteiger partial charge is 0.481 e. The van der Waals surface area contributed by atoms with Gasteiger partial charge >= 0.3 is 5.97 Å². The molecule has 2 fully saturated rings. The van der Waals surface area contributed by atoms with Crippen LogP contribution in [0.3, 0.4) is 0 Å². The first-order valence-corrected chi connectivity index (χ1v) is 9.12. The highest BCUT2D eigenvalue weighted by molar-refractivity contribution is 5.70. The highest BCUT2D eigenvalue weighted by Gasteiger charge is 2.45. The average molecular weight is 314 g/mol. The van der Waals surface area contributed by atoms with Crippen LogP contribution in [0.5, 0.6) is 0 Å². The highest BCUT2D eigenvalue weighted by Crippen LogP contribution is 2.51. The number of aliphatic carboxylic acids is 1. The molecule has 2 heteroatoms. The van der Waals surface area contributed by atoms with Crippen molar-refractivity contribution in [2.45, 2.75) is 77.0 Å². The molecule has 0 radical (unpaired) electrons. The summed E-state index contributed by atoms with van der Waals surface area (Å²) in [4.78, 5) is 11.1. The minimum atomic E-state index is -0.674. The topological polar surface area (TPSA) is 37.3 Å². The number of benzene rings is 1. The molecular weight excluding hydrogens is 284 g/mol. The van der Waals surface area contributed by atoms with Crippen LogP contribution < -0.4 is 0 Å². The predicted molar refractivity (Wildman–Crippen MR) is 93.8 cm³/mol. The molecule has 2 nitrogen and oxygen atoms in total. The van der Waals surface area contributed by atoms with Crippen LogP contribution >= 0.6 is 0 Å². The van der Waals surface area contributed by atoms with Crippen molar-refractivity contribution in [2.24, 2.45) is 11.3 Å². The van der Waals surface area contributed by atoms with E-state index in [1.54, 1.807) is 0 Å². The van der Waals surface area contributed by atoms with E-state index in [4.69, 9.17) is 5.11 Å². The van der Waals surface area contributed by atoms with E-state index in [0.717, 1.165) is 18.8 Å². The molecule has 0 unspecified atom stereocenters. The monoisotopic (exact) mass is 314 g/mol. The molecule has 0 aliphatic heterocycles. The van der Waals surface area contributed by atoms with Gasteiger partial charge in [-0.25, -0.2) is 0 Å². The van der Waals surface area contributed by atoms with Gasteiger partial charge in [-0.05, 0) is 66.9 Å². The Morgan fingerprint density at radius 3 is 2.09 bits per heavy atom. The molecule has 1 N–H and O–H groups in total. The average Bonchev–Trinajstić information content (AvgIpc) is 3.27. The molecule has 2 saturated carbocycles. The van der Waals surface area contributed by atoms with Crippen molar-refractivity contribution in [3.8, 4) is 0 Å². The lowest BCUT2D eigenvalue weighted by Gasteiger charge is -2.37. The molecule has 3 rings (SSSR count). The molecule has 1 aromatic carbocycles. The van der Waals surface area contributed by atoms with E-state index >= 15 is 0 Å². The first-order chi connectivity index (χ1) is 10.8. The van der Waals surface area contributed by atoms with Gasteiger partial charge in [0.2, 0.25) is 0 Å². The van der Waals surface area contributed by atoms with Crippen molar-refractivity contribution < 1.29 is 9.90 Å². The van der Waals surface area contributed by atoms with Gasteiger partial charge in [-0.3, -0.25) is 4.79 Å². The first-order valence-electron chi connectivity index (χ1n) is 9.12. The lowest BCUT2D eigenvalue weighted by Crippen LogP contribution is -2.25. The number of carboxylic acids is 1. The molecule has 0 bridgehead atoms. The second-order valence-corrected chi connectivity index (χ2v) is 8.89. The van der Waals surface area contributed by atoms with Gasteiger partial charge in [-0.2, -0.15) is 0 Å². The van der Waals surface area contributed by atoms with E-state index in [1.807, 2.05) is 0 Å². The summed E-state index contributed by atoms with van der Waals surface area (Å²) in [6.45, 7) is 7.10. The summed E-state index contributed by atoms with van der Waals surface area (Å²) in [5.74, 6) is 0.868. The minimum Gasteiger partial charge on any atom is -0.481 e. The quantitative estimate of drug-likeness (QED) is 0.795. The summed E-state index contributed by atoms with van der Waals surface area (Å²) in [6, 6.07) is 8.92. The number of rotatable bonds is 4. The van der Waals surface area contributed by atoms with E-state index in [9.17, 15) is 4.79 Å². The maximum absolute atomic E-state index is 11.1. The second kappa shape index (κ2) is 5.96. The van der Waals surface area contributed by atoms with Gasteiger partial charge in [0.05, 0.1) is 6.42 Å². The third-order valence-electron chi connectivity index (χ3n) is 6.29. The van der Waals surface area contributed by atoms with Gasteiger partial charge in [0.1, 0.15) is 0 Å². The van der Waals surface area contributed by atoms with Crippen molar-refractivity contribution in [1.82, 2.24) is 0 Å². The number of hydrogen-bond acceptors (Lipinski definition) is 1. The predicted octanol–water partition coefficient (Wildman–Crippen LogP) is 5.51. The van der Waals surface area contributed by atoms with E-state index < -0.39 is 5.97 Å². The molecular formula is C21H30O2. The fraction of sp³-hybridized carbons (Fsp3) is 0.667. The minimum absolute atomic E-state index is 0.0613. The SMILES string of the molecule is CC(C)(C)C1CCC(c2ccc(C3(CC(=O)O)CC3)cc2)CC1.